The summed E-state index contributed by atoms with van der Waals surface area (Å²) >= 11 is 0. The Morgan fingerprint density at radius 3 is 1.96 bits per heavy atom. The molecule has 0 aromatic carbocycles. The highest BCUT2D eigenvalue weighted by molar-refractivity contribution is 5.60. The zero-order chi connectivity index (χ0) is 16.4. The van der Waals surface area contributed by atoms with Crippen LogP contribution in [0.3, 0.4) is 0 Å². The van der Waals surface area contributed by atoms with Crippen LogP contribution >= 0.6 is 0 Å². The van der Waals surface area contributed by atoms with Gasteiger partial charge >= 0.3 is 0 Å². The molecule has 0 aliphatic rings. The third-order valence-electron chi connectivity index (χ3n) is 3.67. The van der Waals surface area contributed by atoms with Crippen LogP contribution in [0.4, 0.5) is 0 Å². The third-order valence-corrected chi connectivity index (χ3v) is 3.67. The van der Waals surface area contributed by atoms with E-state index in [9.17, 15) is 0 Å². The zero-order valence-electron chi connectivity index (χ0n) is 13.9. The summed E-state index contributed by atoms with van der Waals surface area (Å²) < 4.78 is 5.47. The Morgan fingerprint density at radius 2 is 1.39 bits per heavy atom. The highest BCUT2D eigenvalue weighted by Crippen LogP contribution is 2.24. The van der Waals surface area contributed by atoms with Gasteiger partial charge in [-0.25, -0.2) is 0 Å². The van der Waals surface area contributed by atoms with Gasteiger partial charge in [-0.05, 0) is 51.0 Å². The van der Waals surface area contributed by atoms with E-state index in [1.807, 2.05) is 38.1 Å². The minimum absolute atomic E-state index is 0.527. The van der Waals surface area contributed by atoms with Gasteiger partial charge in [-0.3, -0.25) is 9.97 Å². The summed E-state index contributed by atoms with van der Waals surface area (Å²) in [5.41, 5.74) is 5.80. The topological polar surface area (TPSA) is 64.7 Å². The van der Waals surface area contributed by atoms with E-state index in [0.29, 0.717) is 11.7 Å². The van der Waals surface area contributed by atoms with E-state index in [4.69, 9.17) is 4.52 Å². The van der Waals surface area contributed by atoms with E-state index in [1.54, 1.807) is 0 Å². The van der Waals surface area contributed by atoms with Gasteiger partial charge in [-0.1, -0.05) is 19.0 Å². The molecule has 0 aliphatic carbocycles. The number of hydrogen-bond acceptors (Lipinski definition) is 5. The number of nitrogens with zero attached hydrogens (tertiary/aromatic N) is 4. The van der Waals surface area contributed by atoms with Crippen molar-refractivity contribution in [3.63, 3.8) is 0 Å². The van der Waals surface area contributed by atoms with Gasteiger partial charge in [0.2, 0.25) is 5.82 Å². The minimum atomic E-state index is 0.527. The number of rotatable bonds is 4. The van der Waals surface area contributed by atoms with Crippen molar-refractivity contribution in [2.24, 2.45) is 0 Å². The van der Waals surface area contributed by atoms with Crippen molar-refractivity contribution in [1.29, 1.82) is 0 Å². The van der Waals surface area contributed by atoms with E-state index in [2.05, 4.69) is 34.0 Å². The second kappa shape index (κ2) is 6.28. The smallest absolute Gasteiger partial charge is 0.258 e. The van der Waals surface area contributed by atoms with Gasteiger partial charge in [0.15, 0.2) is 0 Å². The van der Waals surface area contributed by atoms with Crippen molar-refractivity contribution in [2.75, 3.05) is 0 Å². The minimum Gasteiger partial charge on any atom is -0.334 e. The lowest BCUT2D eigenvalue weighted by atomic mass is 10.1. The van der Waals surface area contributed by atoms with Crippen molar-refractivity contribution in [1.82, 2.24) is 20.1 Å². The van der Waals surface area contributed by atoms with Gasteiger partial charge in [0.05, 0.1) is 0 Å². The van der Waals surface area contributed by atoms with Crippen LogP contribution in [0.2, 0.25) is 0 Å². The van der Waals surface area contributed by atoms with Crippen molar-refractivity contribution >= 4 is 0 Å². The fourth-order valence-electron chi connectivity index (χ4n) is 2.56. The first-order chi connectivity index (χ1) is 11.1. The van der Waals surface area contributed by atoms with Crippen LogP contribution in [0.25, 0.3) is 22.8 Å². The highest BCUT2D eigenvalue weighted by Gasteiger charge is 2.13. The van der Waals surface area contributed by atoms with Crippen molar-refractivity contribution < 1.29 is 4.52 Å². The van der Waals surface area contributed by atoms with Crippen LogP contribution in [0, 0.1) is 13.8 Å². The first-order valence-corrected chi connectivity index (χ1v) is 7.88. The molecule has 0 bridgehead atoms. The summed E-state index contributed by atoms with van der Waals surface area (Å²) in [6, 6.07) is 7.95. The molecule has 0 saturated heterocycles. The van der Waals surface area contributed by atoms with Crippen LogP contribution in [0.15, 0.2) is 28.8 Å². The molecule has 3 rings (SSSR count). The van der Waals surface area contributed by atoms with Crippen LogP contribution in [-0.4, -0.2) is 20.1 Å². The van der Waals surface area contributed by atoms with E-state index in [-0.39, 0.29) is 0 Å². The lowest BCUT2D eigenvalue weighted by molar-refractivity contribution is 0.432. The van der Waals surface area contributed by atoms with Gasteiger partial charge in [0.1, 0.15) is 0 Å². The highest BCUT2D eigenvalue weighted by atomic mass is 16.5. The Morgan fingerprint density at radius 1 is 0.783 bits per heavy atom. The molecule has 23 heavy (non-hydrogen) atoms. The quantitative estimate of drug-likeness (QED) is 0.730. The van der Waals surface area contributed by atoms with Crippen molar-refractivity contribution in [3.05, 3.63) is 47.0 Å². The van der Waals surface area contributed by atoms with E-state index in [1.165, 1.54) is 0 Å². The molecule has 0 spiro atoms. The first-order valence-electron chi connectivity index (χ1n) is 7.88. The second-order valence-corrected chi connectivity index (χ2v) is 5.61. The Balaban J connectivity index is 2.02. The Bertz CT molecular complexity index is 796. The number of pyridine rings is 2. The summed E-state index contributed by atoms with van der Waals surface area (Å²) in [6.07, 6.45) is 1.76. The Labute approximate surface area is 135 Å². The maximum absolute atomic E-state index is 5.47. The molecule has 0 N–H and O–H groups in total. The van der Waals surface area contributed by atoms with Crippen LogP contribution in [0.1, 0.15) is 36.6 Å². The maximum Gasteiger partial charge on any atom is 0.258 e. The Kier molecular flexibility index (Phi) is 4.19. The third kappa shape index (κ3) is 3.28. The summed E-state index contributed by atoms with van der Waals surface area (Å²) in [7, 11) is 0. The molecule has 0 saturated carbocycles. The van der Waals surface area contributed by atoms with E-state index >= 15 is 0 Å². The number of aryl methyl sites for hydroxylation is 4. The van der Waals surface area contributed by atoms with Gasteiger partial charge in [0.25, 0.3) is 5.89 Å². The molecule has 5 heteroatoms. The van der Waals surface area contributed by atoms with Gasteiger partial charge < -0.3 is 4.52 Å². The van der Waals surface area contributed by atoms with Crippen LogP contribution in [-0.2, 0) is 12.8 Å². The number of aromatic nitrogens is 4. The second-order valence-electron chi connectivity index (χ2n) is 5.61. The monoisotopic (exact) mass is 308 g/mol. The maximum atomic E-state index is 5.47. The summed E-state index contributed by atoms with van der Waals surface area (Å²) in [5, 5.41) is 4.12. The average Bonchev–Trinajstić information content (AvgIpc) is 3.03. The predicted octanol–water partition coefficient (Wildman–Crippen LogP) is 3.94. The lowest BCUT2D eigenvalue weighted by Crippen LogP contribution is -1.95. The van der Waals surface area contributed by atoms with Gasteiger partial charge in [-0.2, -0.15) is 4.98 Å². The zero-order valence-corrected chi connectivity index (χ0v) is 13.9. The molecule has 118 valence electrons. The molecule has 5 nitrogen and oxygen atoms in total. The molecule has 0 unspecified atom stereocenters. The lowest BCUT2D eigenvalue weighted by Gasteiger charge is -2.03. The molecule has 0 amide bonds. The van der Waals surface area contributed by atoms with E-state index < -0.39 is 0 Å². The van der Waals surface area contributed by atoms with Gasteiger partial charge in [-0.15, -0.1) is 0 Å². The van der Waals surface area contributed by atoms with Crippen molar-refractivity contribution in [2.45, 2.75) is 40.5 Å². The molecule has 3 aromatic rings. The van der Waals surface area contributed by atoms with Crippen molar-refractivity contribution in [3.8, 4) is 22.8 Å². The predicted molar refractivity (Wildman–Crippen MR) is 89.0 cm³/mol. The first kappa shape index (κ1) is 15.3. The largest absolute Gasteiger partial charge is 0.334 e. The number of hydrogen-bond donors (Lipinski definition) is 0. The summed E-state index contributed by atoms with van der Waals surface area (Å²) in [6.45, 7) is 8.10. The summed E-state index contributed by atoms with van der Waals surface area (Å²) in [5.74, 6) is 1.11. The van der Waals surface area contributed by atoms with Crippen LogP contribution in [0.5, 0.6) is 0 Å². The summed E-state index contributed by atoms with van der Waals surface area (Å²) in [4.78, 5) is 13.5. The standard InChI is InChI=1S/C18H20N4O/c1-5-15-9-14(10-16(6-2)20-15)18-21-17(22-23-18)13-7-11(3)19-12(4)8-13/h7-10H,5-6H2,1-4H3. The molecular formula is C18H20N4O. The van der Waals surface area contributed by atoms with Crippen LogP contribution < -0.4 is 0 Å². The Hall–Kier alpha value is -2.56. The molecule has 3 heterocycles. The normalized spacial score (nSPS) is 11.0. The van der Waals surface area contributed by atoms with Gasteiger partial charge in [0, 0.05) is 33.9 Å². The SMILES string of the molecule is CCc1cc(-c2nc(-c3cc(C)nc(C)c3)no2)cc(CC)n1. The molecular weight excluding hydrogens is 288 g/mol. The fourth-order valence-corrected chi connectivity index (χ4v) is 2.56. The molecule has 3 aromatic heterocycles. The molecule has 0 radical (unpaired) electrons. The molecule has 0 fully saturated rings. The average molecular weight is 308 g/mol. The van der Waals surface area contributed by atoms with E-state index in [0.717, 1.165) is 46.7 Å². The molecule has 0 aliphatic heterocycles. The molecule has 0 atom stereocenters. The fraction of sp³-hybridized carbons (Fsp3) is 0.333.